The Hall–Kier alpha value is -2.45. The van der Waals surface area contributed by atoms with E-state index in [0.717, 1.165) is 18.4 Å². The smallest absolute Gasteiger partial charge is 0.320 e. The molecule has 27 heavy (non-hydrogen) atoms. The average Bonchev–Trinajstić information content (AvgIpc) is 2.63. The van der Waals surface area contributed by atoms with Gasteiger partial charge < -0.3 is 21.1 Å². The molecule has 0 amide bonds. The van der Waals surface area contributed by atoms with Crippen molar-refractivity contribution in [3.8, 4) is 0 Å². The van der Waals surface area contributed by atoms with Crippen LogP contribution in [0.1, 0.15) is 45.1 Å². The molecule has 0 aliphatic carbocycles. The highest BCUT2D eigenvalue weighted by atomic mass is 16.4. The minimum Gasteiger partial charge on any atom is -0.480 e. The van der Waals surface area contributed by atoms with Gasteiger partial charge in [-0.15, -0.1) is 0 Å². The second kappa shape index (κ2) is 13.7. The van der Waals surface area contributed by atoms with Gasteiger partial charge in [0.15, 0.2) is 0 Å². The van der Waals surface area contributed by atoms with Crippen molar-refractivity contribution in [2.75, 3.05) is 0 Å². The van der Waals surface area contributed by atoms with Gasteiger partial charge in [0.25, 0.3) is 0 Å². The van der Waals surface area contributed by atoms with Crippen molar-refractivity contribution in [3.05, 3.63) is 35.9 Å². The highest BCUT2D eigenvalue weighted by molar-refractivity contribution is 5.77. The summed E-state index contributed by atoms with van der Waals surface area (Å²) in [5, 5.41) is 28.6. The number of unbranched alkanes of at least 4 members (excludes halogenated alkanes) is 1. The Morgan fingerprint density at radius 1 is 1.00 bits per heavy atom. The molecule has 0 heterocycles. The topological polar surface area (TPSA) is 150 Å². The molecule has 0 spiro atoms. The number of benzene rings is 1. The minimum atomic E-state index is -1.05. The number of aliphatic carboxylic acids is 3. The van der Waals surface area contributed by atoms with E-state index in [1.807, 2.05) is 37.3 Å². The van der Waals surface area contributed by atoms with E-state index in [9.17, 15) is 14.4 Å². The zero-order chi connectivity index (χ0) is 20.8. The molecule has 3 atom stereocenters. The van der Waals surface area contributed by atoms with Gasteiger partial charge in [-0.05, 0) is 31.7 Å². The molecule has 0 saturated carbocycles. The highest BCUT2D eigenvalue weighted by Gasteiger charge is 2.22. The van der Waals surface area contributed by atoms with Crippen LogP contribution in [0.5, 0.6) is 0 Å². The maximum Gasteiger partial charge on any atom is 0.320 e. The summed E-state index contributed by atoms with van der Waals surface area (Å²) in [6.07, 6.45) is 3.44. The number of carbonyl (C=O) groups is 3. The maximum atomic E-state index is 11.0. The third-order valence-corrected chi connectivity index (χ3v) is 3.87. The number of hydrogen-bond acceptors (Lipinski definition) is 5. The highest BCUT2D eigenvalue weighted by Crippen LogP contribution is 2.06. The fraction of sp³-hybridized carbons (Fsp3) is 0.526. The van der Waals surface area contributed by atoms with Crippen LogP contribution in [0.15, 0.2) is 30.3 Å². The van der Waals surface area contributed by atoms with Gasteiger partial charge in [0.1, 0.15) is 18.1 Å². The molecule has 6 N–H and O–H groups in total. The maximum absolute atomic E-state index is 11.0. The number of nitrogens with two attached hydrogens (primary N) is 1. The first-order valence-electron chi connectivity index (χ1n) is 8.93. The summed E-state index contributed by atoms with van der Waals surface area (Å²) < 4.78 is 0. The number of nitrogens with one attached hydrogen (secondary N) is 1. The summed E-state index contributed by atoms with van der Waals surface area (Å²) >= 11 is 0. The molecule has 1 unspecified atom stereocenters. The van der Waals surface area contributed by atoms with Crippen molar-refractivity contribution in [1.82, 2.24) is 5.32 Å². The Balaban J connectivity index is 0.000000636. The number of hydrogen-bond donors (Lipinski definition) is 5. The van der Waals surface area contributed by atoms with Gasteiger partial charge in [0.05, 0.1) is 0 Å². The van der Waals surface area contributed by atoms with E-state index in [2.05, 4.69) is 5.32 Å². The molecule has 8 nitrogen and oxygen atoms in total. The molecule has 0 aliphatic rings. The summed E-state index contributed by atoms with van der Waals surface area (Å²) in [5.74, 6) is -2.98. The van der Waals surface area contributed by atoms with Crippen LogP contribution in [0.3, 0.4) is 0 Å². The summed E-state index contributed by atoms with van der Waals surface area (Å²) in [6, 6.07) is 7.11. The minimum absolute atomic E-state index is 0.358. The van der Waals surface area contributed by atoms with Gasteiger partial charge in [-0.3, -0.25) is 19.7 Å². The summed E-state index contributed by atoms with van der Waals surface area (Å²) in [7, 11) is 0. The molecule has 0 saturated heterocycles. The van der Waals surface area contributed by atoms with E-state index in [1.165, 1.54) is 6.92 Å². The zero-order valence-corrected chi connectivity index (χ0v) is 15.8. The van der Waals surface area contributed by atoms with Crippen molar-refractivity contribution >= 4 is 17.9 Å². The van der Waals surface area contributed by atoms with Gasteiger partial charge in [0.2, 0.25) is 0 Å². The summed E-state index contributed by atoms with van der Waals surface area (Å²) in [6.45, 7) is 3.44. The molecule has 0 fully saturated rings. The number of carboxylic acids is 3. The zero-order valence-electron chi connectivity index (χ0n) is 15.8. The van der Waals surface area contributed by atoms with Gasteiger partial charge in [-0.2, -0.15) is 0 Å². The summed E-state index contributed by atoms with van der Waals surface area (Å²) in [4.78, 5) is 31.8. The van der Waals surface area contributed by atoms with Crippen LogP contribution in [0.25, 0.3) is 0 Å². The molecule has 1 aromatic rings. The van der Waals surface area contributed by atoms with Crippen molar-refractivity contribution < 1.29 is 29.7 Å². The predicted molar refractivity (Wildman–Crippen MR) is 102 cm³/mol. The van der Waals surface area contributed by atoms with Crippen LogP contribution in [0, 0.1) is 0 Å². The van der Waals surface area contributed by atoms with Crippen LogP contribution in [-0.2, 0) is 20.8 Å². The van der Waals surface area contributed by atoms with Crippen LogP contribution in [0.2, 0.25) is 0 Å². The van der Waals surface area contributed by atoms with Crippen molar-refractivity contribution in [2.24, 2.45) is 5.73 Å². The van der Waals surface area contributed by atoms with Crippen LogP contribution in [0.4, 0.5) is 0 Å². The SMILES string of the molecule is CCCCC(N)C(=O)O.C[C@@H](N[C@@H](CCc1ccccc1)C(=O)O)C(=O)O. The van der Waals surface area contributed by atoms with Gasteiger partial charge >= 0.3 is 17.9 Å². The first-order valence-corrected chi connectivity index (χ1v) is 8.93. The molecule has 8 heteroatoms. The van der Waals surface area contributed by atoms with E-state index in [1.54, 1.807) is 0 Å². The fourth-order valence-electron chi connectivity index (χ4n) is 2.15. The van der Waals surface area contributed by atoms with Gasteiger partial charge in [-0.25, -0.2) is 0 Å². The molecule has 152 valence electrons. The average molecular weight is 382 g/mol. The van der Waals surface area contributed by atoms with E-state index >= 15 is 0 Å². The first kappa shape index (κ1) is 24.6. The third-order valence-electron chi connectivity index (χ3n) is 3.87. The number of carboxylic acid groups (broad SMARTS) is 3. The lowest BCUT2D eigenvalue weighted by Crippen LogP contribution is -2.45. The Morgan fingerprint density at radius 3 is 2.04 bits per heavy atom. The van der Waals surface area contributed by atoms with E-state index in [-0.39, 0.29) is 0 Å². The number of rotatable bonds is 11. The third kappa shape index (κ3) is 11.7. The molecule has 0 aliphatic heterocycles. The largest absolute Gasteiger partial charge is 0.480 e. The molecule has 1 rings (SSSR count). The Kier molecular flexibility index (Phi) is 12.5. The second-order valence-corrected chi connectivity index (χ2v) is 6.23. The monoisotopic (exact) mass is 382 g/mol. The van der Waals surface area contributed by atoms with E-state index in [0.29, 0.717) is 19.3 Å². The molecule has 1 aromatic carbocycles. The van der Waals surface area contributed by atoms with Crippen molar-refractivity contribution in [2.45, 2.75) is 64.1 Å². The summed E-state index contributed by atoms with van der Waals surface area (Å²) in [5.41, 5.74) is 6.24. The molecule has 0 radical (unpaired) electrons. The van der Waals surface area contributed by atoms with Crippen molar-refractivity contribution in [3.63, 3.8) is 0 Å². The van der Waals surface area contributed by atoms with Crippen LogP contribution in [-0.4, -0.2) is 51.4 Å². The Bertz CT molecular complexity index is 579. The molecular formula is C19H30N2O6. The van der Waals surface area contributed by atoms with Gasteiger partial charge in [0, 0.05) is 0 Å². The quantitative estimate of drug-likeness (QED) is 0.388. The second-order valence-electron chi connectivity index (χ2n) is 6.23. The number of aryl methyl sites for hydroxylation is 1. The van der Waals surface area contributed by atoms with Gasteiger partial charge in [-0.1, -0.05) is 50.1 Å². The first-order chi connectivity index (χ1) is 12.7. The molecular weight excluding hydrogens is 352 g/mol. The predicted octanol–water partition coefficient (Wildman–Crippen LogP) is 1.72. The Morgan fingerprint density at radius 2 is 1.59 bits per heavy atom. The lowest BCUT2D eigenvalue weighted by atomic mass is 10.0. The lowest BCUT2D eigenvalue weighted by Gasteiger charge is -2.17. The van der Waals surface area contributed by atoms with Crippen molar-refractivity contribution in [1.29, 1.82) is 0 Å². The lowest BCUT2D eigenvalue weighted by molar-refractivity contribution is -0.142. The standard InChI is InChI=1S/C13H17NO4.C6H13NO2/c1-9(12(15)16)14-11(13(17)18)8-7-10-5-3-2-4-6-10;1-2-3-4-5(7)6(8)9/h2-6,9,11,14H,7-8H2,1H3,(H,15,16)(H,17,18);5H,2-4,7H2,1H3,(H,8,9)/t9-,11+;/m1./s1. The van der Waals surface area contributed by atoms with Crippen LogP contribution < -0.4 is 11.1 Å². The van der Waals surface area contributed by atoms with Crippen LogP contribution >= 0.6 is 0 Å². The Labute approximate surface area is 159 Å². The van der Waals surface area contributed by atoms with E-state index < -0.39 is 36.0 Å². The fourth-order valence-corrected chi connectivity index (χ4v) is 2.15. The molecule has 0 bridgehead atoms. The molecule has 0 aromatic heterocycles. The van der Waals surface area contributed by atoms with E-state index in [4.69, 9.17) is 21.1 Å². The normalized spacial score (nSPS) is 13.6.